The number of aryl methyl sites for hydroxylation is 1. The molecule has 0 amide bonds. The van der Waals surface area contributed by atoms with E-state index in [4.69, 9.17) is 11.6 Å². The minimum absolute atomic E-state index is 0.0151. The maximum Gasteiger partial charge on any atom is 0.329 e. The van der Waals surface area contributed by atoms with E-state index in [0.29, 0.717) is 17.5 Å². The second-order valence-corrected chi connectivity index (χ2v) is 4.94. The third-order valence-electron chi connectivity index (χ3n) is 3.13. The lowest BCUT2D eigenvalue weighted by Gasteiger charge is -2.08. The second-order valence-electron chi connectivity index (χ2n) is 4.56. The van der Waals surface area contributed by atoms with Gasteiger partial charge in [0.15, 0.2) is 0 Å². The van der Waals surface area contributed by atoms with Crippen molar-refractivity contribution in [2.24, 2.45) is 0 Å². The molecular formula is C14H13ClF2N2O2. The van der Waals surface area contributed by atoms with Crippen LogP contribution in [-0.4, -0.2) is 9.55 Å². The molecule has 0 spiro atoms. The second kappa shape index (κ2) is 6.22. The molecule has 2 rings (SSSR count). The van der Waals surface area contributed by atoms with Crippen LogP contribution in [0.5, 0.6) is 0 Å². The van der Waals surface area contributed by atoms with E-state index in [2.05, 4.69) is 4.98 Å². The van der Waals surface area contributed by atoms with Gasteiger partial charge in [0.25, 0.3) is 5.56 Å². The summed E-state index contributed by atoms with van der Waals surface area (Å²) in [5, 5.41) is 0.0283. The number of halogens is 3. The number of hydrogen-bond acceptors (Lipinski definition) is 2. The quantitative estimate of drug-likeness (QED) is 0.880. The summed E-state index contributed by atoms with van der Waals surface area (Å²) in [6.45, 7) is 1.76. The van der Waals surface area contributed by atoms with Crippen molar-refractivity contribution in [1.29, 1.82) is 0 Å². The van der Waals surface area contributed by atoms with Gasteiger partial charge < -0.3 is 0 Å². The Hall–Kier alpha value is -1.95. The molecule has 1 N–H and O–H groups in total. The van der Waals surface area contributed by atoms with Crippen molar-refractivity contribution in [3.8, 4) is 0 Å². The first-order chi connectivity index (χ1) is 9.92. The summed E-state index contributed by atoms with van der Waals surface area (Å²) < 4.78 is 27.2. The normalized spacial score (nSPS) is 10.9. The molecule has 0 aliphatic rings. The molecule has 1 heterocycles. The Labute approximate surface area is 124 Å². The van der Waals surface area contributed by atoms with Gasteiger partial charge in [-0.3, -0.25) is 14.3 Å². The van der Waals surface area contributed by atoms with Crippen molar-refractivity contribution in [2.45, 2.75) is 26.3 Å². The average Bonchev–Trinajstić information content (AvgIpc) is 2.37. The third kappa shape index (κ3) is 3.39. The van der Waals surface area contributed by atoms with Gasteiger partial charge >= 0.3 is 5.69 Å². The lowest BCUT2D eigenvalue weighted by molar-refractivity contribution is 0.572. The summed E-state index contributed by atoms with van der Waals surface area (Å²) >= 11 is 5.80. The standard InChI is InChI=1S/C14H13ClF2N2O2/c1-2-11-12(15)18-14(21)19(13(11)20)4-3-8-5-9(16)7-10(17)6-8/h5-7H,2-4H2,1H3,(H,18,21). The van der Waals surface area contributed by atoms with E-state index >= 15 is 0 Å². The van der Waals surface area contributed by atoms with Crippen LogP contribution < -0.4 is 11.2 Å². The topological polar surface area (TPSA) is 54.9 Å². The van der Waals surface area contributed by atoms with Gasteiger partial charge in [0.05, 0.1) is 5.56 Å². The van der Waals surface area contributed by atoms with E-state index < -0.39 is 22.9 Å². The Kier molecular flexibility index (Phi) is 4.57. The molecule has 1 aromatic carbocycles. The number of rotatable bonds is 4. The highest BCUT2D eigenvalue weighted by molar-refractivity contribution is 6.30. The largest absolute Gasteiger partial charge is 0.329 e. The van der Waals surface area contributed by atoms with E-state index in [1.54, 1.807) is 6.92 Å². The van der Waals surface area contributed by atoms with E-state index in [0.717, 1.165) is 10.6 Å². The van der Waals surface area contributed by atoms with Crippen LogP contribution in [0.3, 0.4) is 0 Å². The summed E-state index contributed by atoms with van der Waals surface area (Å²) in [6, 6.07) is 3.10. The van der Waals surface area contributed by atoms with Crippen molar-refractivity contribution in [2.75, 3.05) is 0 Å². The molecule has 0 unspecified atom stereocenters. The number of H-pyrrole nitrogens is 1. The van der Waals surface area contributed by atoms with Gasteiger partial charge in [0, 0.05) is 12.6 Å². The van der Waals surface area contributed by atoms with Gasteiger partial charge in [-0.15, -0.1) is 0 Å². The molecule has 0 atom stereocenters. The van der Waals surface area contributed by atoms with Crippen molar-refractivity contribution >= 4 is 11.6 Å². The SMILES string of the molecule is CCc1c(Cl)[nH]c(=O)n(CCc2cc(F)cc(F)c2)c1=O. The number of nitrogens with one attached hydrogen (secondary N) is 1. The van der Waals surface area contributed by atoms with Gasteiger partial charge in [-0.2, -0.15) is 0 Å². The first-order valence-corrected chi connectivity index (χ1v) is 6.76. The van der Waals surface area contributed by atoms with Crippen molar-refractivity contribution < 1.29 is 8.78 Å². The summed E-state index contributed by atoms with van der Waals surface area (Å²) in [5.41, 5.74) is -0.448. The minimum atomic E-state index is -0.698. The molecule has 1 aromatic heterocycles. The molecule has 0 radical (unpaired) electrons. The maximum atomic E-state index is 13.1. The van der Waals surface area contributed by atoms with Crippen LogP contribution in [0.1, 0.15) is 18.1 Å². The van der Waals surface area contributed by atoms with Crippen LogP contribution in [0.25, 0.3) is 0 Å². The third-order valence-corrected chi connectivity index (χ3v) is 3.45. The highest BCUT2D eigenvalue weighted by Gasteiger charge is 2.11. The fourth-order valence-electron chi connectivity index (χ4n) is 2.09. The predicted octanol–water partition coefficient (Wildman–Crippen LogP) is 2.27. The van der Waals surface area contributed by atoms with Gasteiger partial charge in [-0.05, 0) is 30.5 Å². The predicted molar refractivity (Wildman–Crippen MR) is 75.8 cm³/mol. The Morgan fingerprint density at radius 3 is 2.38 bits per heavy atom. The van der Waals surface area contributed by atoms with Crippen LogP contribution in [0.2, 0.25) is 5.15 Å². The number of aromatic nitrogens is 2. The van der Waals surface area contributed by atoms with Crippen molar-refractivity contribution in [1.82, 2.24) is 9.55 Å². The van der Waals surface area contributed by atoms with Crippen LogP contribution in [0.4, 0.5) is 8.78 Å². The fraction of sp³-hybridized carbons (Fsp3) is 0.286. The van der Waals surface area contributed by atoms with E-state index in [1.807, 2.05) is 0 Å². The molecule has 0 bridgehead atoms. The Balaban J connectivity index is 2.32. The Morgan fingerprint density at radius 2 is 1.81 bits per heavy atom. The summed E-state index contributed by atoms with van der Waals surface area (Å²) in [5.74, 6) is -1.40. The molecular weight excluding hydrogens is 302 g/mol. The number of nitrogens with zero attached hydrogens (tertiary/aromatic N) is 1. The van der Waals surface area contributed by atoms with E-state index in [-0.39, 0.29) is 18.1 Å². The molecule has 0 aliphatic heterocycles. The van der Waals surface area contributed by atoms with Gasteiger partial charge in [-0.25, -0.2) is 13.6 Å². The first-order valence-electron chi connectivity index (χ1n) is 6.38. The number of aromatic amines is 1. The lowest BCUT2D eigenvalue weighted by atomic mass is 10.1. The zero-order chi connectivity index (χ0) is 15.6. The monoisotopic (exact) mass is 314 g/mol. The smallest absolute Gasteiger partial charge is 0.297 e. The maximum absolute atomic E-state index is 13.1. The molecule has 7 heteroatoms. The molecule has 112 valence electrons. The summed E-state index contributed by atoms with van der Waals surface area (Å²) in [6.07, 6.45) is 0.533. The highest BCUT2D eigenvalue weighted by Crippen LogP contribution is 2.09. The summed E-state index contributed by atoms with van der Waals surface area (Å²) in [4.78, 5) is 26.2. The van der Waals surface area contributed by atoms with Crippen molar-refractivity contribution in [3.05, 3.63) is 67.0 Å². The molecule has 0 fully saturated rings. The molecule has 21 heavy (non-hydrogen) atoms. The molecule has 0 saturated heterocycles. The van der Waals surface area contributed by atoms with Crippen LogP contribution in [0.15, 0.2) is 27.8 Å². The van der Waals surface area contributed by atoms with Crippen LogP contribution in [-0.2, 0) is 19.4 Å². The molecule has 0 aliphatic carbocycles. The Morgan fingerprint density at radius 1 is 1.19 bits per heavy atom. The fourth-order valence-corrected chi connectivity index (χ4v) is 2.39. The molecule has 2 aromatic rings. The van der Waals surface area contributed by atoms with Gasteiger partial charge in [0.1, 0.15) is 16.8 Å². The van der Waals surface area contributed by atoms with Crippen molar-refractivity contribution in [3.63, 3.8) is 0 Å². The zero-order valence-corrected chi connectivity index (χ0v) is 12.0. The number of hydrogen-bond donors (Lipinski definition) is 1. The Bertz CT molecular complexity index is 763. The average molecular weight is 315 g/mol. The minimum Gasteiger partial charge on any atom is -0.297 e. The zero-order valence-electron chi connectivity index (χ0n) is 11.3. The van der Waals surface area contributed by atoms with Gasteiger partial charge in [-0.1, -0.05) is 18.5 Å². The molecule has 4 nitrogen and oxygen atoms in total. The summed E-state index contributed by atoms with van der Waals surface area (Å²) in [7, 11) is 0. The lowest BCUT2D eigenvalue weighted by Crippen LogP contribution is -2.37. The van der Waals surface area contributed by atoms with Gasteiger partial charge in [0.2, 0.25) is 0 Å². The number of benzene rings is 1. The van der Waals surface area contributed by atoms with Crippen LogP contribution in [0, 0.1) is 11.6 Å². The van der Waals surface area contributed by atoms with E-state index in [1.165, 1.54) is 12.1 Å². The first kappa shape index (κ1) is 15.4. The highest BCUT2D eigenvalue weighted by atomic mass is 35.5. The molecule has 0 saturated carbocycles. The van der Waals surface area contributed by atoms with Crippen LogP contribution >= 0.6 is 11.6 Å². The van der Waals surface area contributed by atoms with E-state index in [9.17, 15) is 18.4 Å².